The number of primary amides is 1. The van der Waals surface area contributed by atoms with Crippen molar-refractivity contribution in [1.29, 1.82) is 0 Å². The van der Waals surface area contributed by atoms with Crippen LogP contribution in [0, 0.1) is 0 Å². The molecule has 0 spiro atoms. The second-order valence-electron chi connectivity index (χ2n) is 3.27. The number of carbonyl (C=O) groups is 2. The minimum absolute atomic E-state index is 0.0573. The Morgan fingerprint density at radius 1 is 1.47 bits per heavy atom. The highest BCUT2D eigenvalue weighted by molar-refractivity contribution is 7.11. The molecule has 17 heavy (non-hydrogen) atoms. The van der Waals surface area contributed by atoms with E-state index in [0.29, 0.717) is 24.5 Å². The van der Waals surface area contributed by atoms with Crippen molar-refractivity contribution in [3.63, 3.8) is 0 Å². The predicted molar refractivity (Wildman–Crippen MR) is 66.8 cm³/mol. The maximum Gasteiger partial charge on any atom is 0.255 e. The topological polar surface area (TPSA) is 123 Å². The lowest BCUT2D eigenvalue weighted by Crippen LogP contribution is -2.25. The van der Waals surface area contributed by atoms with Crippen molar-refractivity contribution in [1.82, 2.24) is 9.69 Å². The van der Waals surface area contributed by atoms with Crippen LogP contribution in [0.1, 0.15) is 23.7 Å². The molecule has 0 unspecified atom stereocenters. The van der Waals surface area contributed by atoms with Crippen molar-refractivity contribution in [3.8, 4) is 0 Å². The molecule has 0 aliphatic rings. The molecule has 1 rings (SSSR count). The molecular weight excluding hydrogens is 242 g/mol. The van der Waals surface area contributed by atoms with Crippen molar-refractivity contribution in [2.75, 3.05) is 24.1 Å². The number of anilines is 2. The Bertz CT molecular complexity index is 418. The van der Waals surface area contributed by atoms with Crippen LogP contribution in [0.4, 0.5) is 10.8 Å². The third-order valence-corrected chi connectivity index (χ3v) is 2.80. The fourth-order valence-electron chi connectivity index (χ4n) is 1.24. The average Bonchev–Trinajstić information content (AvgIpc) is 2.60. The van der Waals surface area contributed by atoms with Gasteiger partial charge in [-0.15, -0.1) is 0 Å². The van der Waals surface area contributed by atoms with Gasteiger partial charge in [0.05, 0.1) is 0 Å². The van der Waals surface area contributed by atoms with Gasteiger partial charge in [0.15, 0.2) is 5.82 Å². The van der Waals surface area contributed by atoms with E-state index in [1.165, 1.54) is 0 Å². The van der Waals surface area contributed by atoms with E-state index in [4.69, 9.17) is 11.5 Å². The molecule has 94 valence electrons. The third kappa shape index (κ3) is 3.59. The van der Waals surface area contributed by atoms with Crippen LogP contribution in [0.2, 0.25) is 0 Å². The molecule has 0 aliphatic heterocycles. The van der Waals surface area contributed by atoms with E-state index in [1.807, 2.05) is 6.92 Å². The van der Waals surface area contributed by atoms with Crippen LogP contribution in [-0.4, -0.2) is 29.3 Å². The maximum atomic E-state index is 11.2. The average molecular weight is 257 g/mol. The first-order valence-electron chi connectivity index (χ1n) is 5.11. The monoisotopic (exact) mass is 257 g/mol. The molecule has 1 aromatic rings. The van der Waals surface area contributed by atoms with Crippen LogP contribution >= 0.6 is 11.5 Å². The number of hydrogen-bond acceptors (Lipinski definition) is 6. The summed E-state index contributed by atoms with van der Waals surface area (Å²) >= 11 is 1.05. The molecule has 8 heteroatoms. The second kappa shape index (κ2) is 6.04. The van der Waals surface area contributed by atoms with E-state index in [-0.39, 0.29) is 17.3 Å². The van der Waals surface area contributed by atoms with Gasteiger partial charge >= 0.3 is 0 Å². The Hall–Kier alpha value is -1.83. The fourth-order valence-corrected chi connectivity index (χ4v) is 1.98. The van der Waals surface area contributed by atoms with Gasteiger partial charge in [-0.25, -0.2) is 0 Å². The van der Waals surface area contributed by atoms with Gasteiger partial charge in [-0.05, 0) is 18.5 Å². The lowest BCUT2D eigenvalue weighted by atomic mass is 10.3. The van der Waals surface area contributed by atoms with E-state index in [0.717, 1.165) is 11.5 Å². The van der Waals surface area contributed by atoms with Crippen LogP contribution in [0.5, 0.6) is 0 Å². The van der Waals surface area contributed by atoms with Gasteiger partial charge in [-0.1, -0.05) is 0 Å². The fraction of sp³-hybridized carbons (Fsp3) is 0.444. The third-order valence-electron chi connectivity index (χ3n) is 1.98. The highest BCUT2D eigenvalue weighted by atomic mass is 32.1. The molecule has 1 aromatic heterocycles. The Labute approximate surface area is 103 Å². The quantitative estimate of drug-likeness (QED) is 0.560. The first-order chi connectivity index (χ1) is 8.06. The van der Waals surface area contributed by atoms with Crippen molar-refractivity contribution < 1.29 is 9.59 Å². The normalized spacial score (nSPS) is 9.94. The summed E-state index contributed by atoms with van der Waals surface area (Å²) in [4.78, 5) is 22.3. The number of nitrogens with one attached hydrogen (secondary N) is 2. The number of aromatic nitrogens is 1. The maximum absolute atomic E-state index is 11.2. The minimum atomic E-state index is -0.628. The highest BCUT2D eigenvalue weighted by Gasteiger charge is 2.16. The van der Waals surface area contributed by atoms with Crippen molar-refractivity contribution in [2.24, 2.45) is 5.73 Å². The van der Waals surface area contributed by atoms with E-state index >= 15 is 0 Å². The summed E-state index contributed by atoms with van der Waals surface area (Å²) in [5, 5.41) is 6.09. The van der Waals surface area contributed by atoms with Crippen molar-refractivity contribution in [2.45, 2.75) is 13.3 Å². The van der Waals surface area contributed by atoms with Crippen molar-refractivity contribution in [3.05, 3.63) is 5.56 Å². The van der Waals surface area contributed by atoms with E-state index in [2.05, 4.69) is 15.0 Å². The molecule has 0 aliphatic carbocycles. The number of nitrogen functional groups attached to an aromatic ring is 1. The predicted octanol–water partition coefficient (Wildman–Crippen LogP) is -0.238. The van der Waals surface area contributed by atoms with Gasteiger partial charge in [0.2, 0.25) is 5.91 Å². The van der Waals surface area contributed by atoms with Crippen LogP contribution in [-0.2, 0) is 4.79 Å². The van der Waals surface area contributed by atoms with Gasteiger partial charge in [0, 0.05) is 19.5 Å². The first-order valence-corrected chi connectivity index (χ1v) is 5.89. The zero-order valence-electron chi connectivity index (χ0n) is 9.45. The smallest absolute Gasteiger partial charge is 0.255 e. The Morgan fingerprint density at radius 2 is 2.18 bits per heavy atom. The molecule has 0 aromatic carbocycles. The highest BCUT2D eigenvalue weighted by Crippen LogP contribution is 2.25. The number of hydrogen-bond donors (Lipinski definition) is 4. The molecule has 1 heterocycles. The van der Waals surface area contributed by atoms with Crippen LogP contribution in [0.25, 0.3) is 0 Å². The van der Waals surface area contributed by atoms with E-state index in [1.54, 1.807) is 0 Å². The lowest BCUT2D eigenvalue weighted by molar-refractivity contribution is -0.120. The number of carbonyl (C=O) groups excluding carboxylic acids is 2. The Balaban J connectivity index is 2.52. The van der Waals surface area contributed by atoms with E-state index < -0.39 is 5.91 Å². The van der Waals surface area contributed by atoms with E-state index in [9.17, 15) is 9.59 Å². The Kier molecular flexibility index (Phi) is 4.70. The Morgan fingerprint density at radius 3 is 2.76 bits per heavy atom. The minimum Gasteiger partial charge on any atom is -0.382 e. The van der Waals surface area contributed by atoms with Gasteiger partial charge in [0.25, 0.3) is 5.91 Å². The summed E-state index contributed by atoms with van der Waals surface area (Å²) in [5.74, 6) is -0.571. The van der Waals surface area contributed by atoms with Crippen LogP contribution < -0.4 is 22.1 Å². The van der Waals surface area contributed by atoms with Crippen molar-refractivity contribution >= 4 is 34.2 Å². The largest absolute Gasteiger partial charge is 0.382 e. The molecule has 0 atom stereocenters. The summed E-state index contributed by atoms with van der Waals surface area (Å²) in [7, 11) is 0. The molecular formula is C9H15N5O2S. The van der Waals surface area contributed by atoms with Gasteiger partial charge in [0.1, 0.15) is 10.6 Å². The summed E-state index contributed by atoms with van der Waals surface area (Å²) < 4.78 is 3.83. The summed E-state index contributed by atoms with van der Waals surface area (Å²) in [6.45, 7) is 2.84. The molecule has 0 fully saturated rings. The van der Waals surface area contributed by atoms with Crippen LogP contribution in [0.3, 0.4) is 0 Å². The second-order valence-corrected chi connectivity index (χ2v) is 4.04. The summed E-state index contributed by atoms with van der Waals surface area (Å²) in [6, 6.07) is 0. The van der Waals surface area contributed by atoms with Crippen LogP contribution in [0.15, 0.2) is 0 Å². The first kappa shape index (κ1) is 13.2. The standard InChI is InChI=1S/C9H15N5O2S/c1-2-12-5(15)3-4-13-9-6(8(11)16)7(10)14-17-9/h13H,2-4H2,1H3,(H2,10,14)(H2,11,16)(H,12,15). The summed E-state index contributed by atoms with van der Waals surface area (Å²) in [5.41, 5.74) is 10.9. The zero-order valence-corrected chi connectivity index (χ0v) is 10.3. The molecule has 0 saturated heterocycles. The van der Waals surface area contributed by atoms with Gasteiger partial charge < -0.3 is 22.1 Å². The number of nitrogens with two attached hydrogens (primary N) is 2. The molecule has 2 amide bonds. The molecule has 0 saturated carbocycles. The lowest BCUT2D eigenvalue weighted by Gasteiger charge is -2.05. The van der Waals surface area contributed by atoms with Gasteiger partial charge in [-0.2, -0.15) is 4.37 Å². The number of rotatable bonds is 6. The number of amides is 2. The summed E-state index contributed by atoms with van der Waals surface area (Å²) in [6.07, 6.45) is 0.309. The molecule has 0 radical (unpaired) electrons. The van der Waals surface area contributed by atoms with Gasteiger partial charge in [-0.3, -0.25) is 9.59 Å². The number of nitrogens with zero attached hydrogens (tertiary/aromatic N) is 1. The molecule has 0 bridgehead atoms. The molecule has 7 nitrogen and oxygen atoms in total. The molecule has 6 N–H and O–H groups in total. The zero-order chi connectivity index (χ0) is 12.8. The SMILES string of the molecule is CCNC(=O)CCNc1snc(N)c1C(N)=O.